The summed E-state index contributed by atoms with van der Waals surface area (Å²) in [6.45, 7) is 6.03. The van der Waals surface area contributed by atoms with E-state index < -0.39 is 0 Å². The van der Waals surface area contributed by atoms with Crippen LogP contribution >= 0.6 is 0 Å². The van der Waals surface area contributed by atoms with Crippen molar-refractivity contribution in [3.8, 4) is 6.07 Å². The predicted octanol–water partition coefficient (Wildman–Crippen LogP) is 2.44. The van der Waals surface area contributed by atoms with Crippen LogP contribution in [0.2, 0.25) is 0 Å². The van der Waals surface area contributed by atoms with Crippen molar-refractivity contribution in [3.63, 3.8) is 0 Å². The molecule has 3 N–H and O–H groups in total. The lowest BCUT2D eigenvalue weighted by molar-refractivity contribution is -0.683. The lowest BCUT2D eigenvalue weighted by Gasteiger charge is -2.09. The van der Waals surface area contributed by atoms with Crippen molar-refractivity contribution in [2.45, 2.75) is 46.1 Å². The van der Waals surface area contributed by atoms with Crippen LogP contribution in [0.25, 0.3) is 0 Å². The molecular formula is C14H23N4+. The van der Waals surface area contributed by atoms with Crippen LogP contribution in [-0.4, -0.2) is 6.54 Å². The second-order valence-corrected chi connectivity index (χ2v) is 4.46. The van der Waals surface area contributed by atoms with Crippen LogP contribution in [0.5, 0.6) is 0 Å². The number of nitrogens with two attached hydrogens (primary N) is 1. The van der Waals surface area contributed by atoms with Crippen molar-refractivity contribution in [3.05, 3.63) is 17.8 Å². The van der Waals surface area contributed by atoms with Crippen LogP contribution in [0.1, 0.15) is 45.1 Å². The molecule has 0 radical (unpaired) electrons. The molecule has 0 atom stereocenters. The highest BCUT2D eigenvalue weighted by Crippen LogP contribution is 2.15. The summed E-state index contributed by atoms with van der Waals surface area (Å²) in [5.41, 5.74) is 7.51. The SMILES string of the molecule is CCCCNc1cc(N)[n+](CCCC)cc1C#N. The third-order valence-corrected chi connectivity index (χ3v) is 2.92. The zero-order valence-electron chi connectivity index (χ0n) is 11.4. The fraction of sp³-hybridized carbons (Fsp3) is 0.571. The smallest absolute Gasteiger partial charge is 0.274 e. The normalized spacial score (nSPS) is 10.1. The molecule has 98 valence electrons. The number of nitrogens with zero attached hydrogens (tertiary/aromatic N) is 2. The van der Waals surface area contributed by atoms with Gasteiger partial charge in [0.25, 0.3) is 5.82 Å². The number of unbranched alkanes of at least 4 members (excludes halogenated alkanes) is 2. The predicted molar refractivity (Wildman–Crippen MR) is 74.1 cm³/mol. The fourth-order valence-corrected chi connectivity index (χ4v) is 1.77. The summed E-state index contributed by atoms with van der Waals surface area (Å²) in [6, 6.07) is 4.09. The van der Waals surface area contributed by atoms with E-state index in [1.165, 1.54) is 0 Å². The third kappa shape index (κ3) is 3.92. The van der Waals surface area contributed by atoms with Gasteiger partial charge in [-0.1, -0.05) is 26.7 Å². The largest absolute Gasteiger partial charge is 0.384 e. The Morgan fingerprint density at radius 2 is 2.06 bits per heavy atom. The van der Waals surface area contributed by atoms with Gasteiger partial charge in [0.15, 0.2) is 0 Å². The minimum absolute atomic E-state index is 0.663. The Labute approximate surface area is 109 Å². The topological polar surface area (TPSA) is 65.7 Å². The number of aromatic nitrogens is 1. The summed E-state index contributed by atoms with van der Waals surface area (Å²) in [5, 5.41) is 12.4. The highest BCUT2D eigenvalue weighted by molar-refractivity contribution is 5.58. The van der Waals surface area contributed by atoms with Gasteiger partial charge in [-0.15, -0.1) is 0 Å². The second-order valence-electron chi connectivity index (χ2n) is 4.46. The molecule has 0 aromatic carbocycles. The number of pyridine rings is 1. The first-order chi connectivity index (χ1) is 8.72. The minimum Gasteiger partial charge on any atom is -0.384 e. The van der Waals surface area contributed by atoms with E-state index in [1.807, 2.05) is 16.8 Å². The summed E-state index contributed by atoms with van der Waals surface area (Å²) < 4.78 is 1.95. The quantitative estimate of drug-likeness (QED) is 0.574. The molecular weight excluding hydrogens is 224 g/mol. The molecule has 4 heteroatoms. The van der Waals surface area contributed by atoms with E-state index in [9.17, 15) is 5.26 Å². The maximum Gasteiger partial charge on any atom is 0.274 e. The molecule has 0 unspecified atom stereocenters. The van der Waals surface area contributed by atoms with Crippen LogP contribution in [0.15, 0.2) is 12.3 Å². The Bertz CT molecular complexity index is 421. The van der Waals surface area contributed by atoms with Gasteiger partial charge in [-0.2, -0.15) is 5.26 Å². The van der Waals surface area contributed by atoms with Gasteiger partial charge in [-0.25, -0.2) is 4.57 Å². The van der Waals surface area contributed by atoms with Gasteiger partial charge < -0.3 is 5.32 Å². The van der Waals surface area contributed by atoms with Crippen molar-refractivity contribution >= 4 is 11.5 Å². The van der Waals surface area contributed by atoms with Gasteiger partial charge in [0.2, 0.25) is 0 Å². The summed E-state index contributed by atoms with van der Waals surface area (Å²) in [7, 11) is 0. The summed E-state index contributed by atoms with van der Waals surface area (Å²) in [6.07, 6.45) is 6.26. The molecule has 1 aromatic heterocycles. The molecule has 0 aliphatic carbocycles. The maximum atomic E-state index is 9.17. The molecule has 0 amide bonds. The Morgan fingerprint density at radius 3 is 2.67 bits per heavy atom. The monoisotopic (exact) mass is 247 g/mol. The highest BCUT2D eigenvalue weighted by atomic mass is 15.0. The van der Waals surface area contributed by atoms with Gasteiger partial charge >= 0.3 is 0 Å². The number of anilines is 2. The first-order valence-corrected chi connectivity index (χ1v) is 6.69. The van der Waals surface area contributed by atoms with Gasteiger partial charge in [0.1, 0.15) is 17.8 Å². The summed E-state index contributed by atoms with van der Waals surface area (Å²) in [5.74, 6) is 0.710. The second kappa shape index (κ2) is 7.54. The Hall–Kier alpha value is -1.76. The number of rotatable bonds is 7. The summed E-state index contributed by atoms with van der Waals surface area (Å²) in [4.78, 5) is 0. The third-order valence-electron chi connectivity index (χ3n) is 2.92. The van der Waals surface area contributed by atoms with Gasteiger partial charge in [-0.3, -0.25) is 5.73 Å². The highest BCUT2D eigenvalue weighted by Gasteiger charge is 2.11. The molecule has 1 rings (SSSR count). The number of nitrogen functional groups attached to an aromatic ring is 1. The van der Waals surface area contributed by atoms with E-state index in [1.54, 1.807) is 0 Å². The molecule has 0 bridgehead atoms. The minimum atomic E-state index is 0.663. The zero-order valence-corrected chi connectivity index (χ0v) is 11.4. The van der Waals surface area contributed by atoms with E-state index in [0.29, 0.717) is 11.4 Å². The Morgan fingerprint density at radius 1 is 1.33 bits per heavy atom. The molecule has 1 heterocycles. The number of aryl methyl sites for hydroxylation is 1. The van der Waals surface area contributed by atoms with E-state index in [-0.39, 0.29) is 0 Å². The molecule has 0 saturated carbocycles. The lowest BCUT2D eigenvalue weighted by Crippen LogP contribution is -2.37. The van der Waals surface area contributed by atoms with Crippen molar-refractivity contribution < 1.29 is 4.57 Å². The van der Waals surface area contributed by atoms with Gasteiger partial charge in [0, 0.05) is 6.54 Å². The van der Waals surface area contributed by atoms with Crippen molar-refractivity contribution in [1.82, 2.24) is 0 Å². The molecule has 1 aromatic rings. The maximum absolute atomic E-state index is 9.17. The number of hydrogen-bond acceptors (Lipinski definition) is 3. The van der Waals surface area contributed by atoms with Crippen LogP contribution in [0, 0.1) is 11.3 Å². The molecule has 0 aliphatic heterocycles. The van der Waals surface area contributed by atoms with Gasteiger partial charge in [0.05, 0.1) is 18.3 Å². The van der Waals surface area contributed by atoms with E-state index in [4.69, 9.17) is 5.73 Å². The lowest BCUT2D eigenvalue weighted by atomic mass is 10.2. The number of nitriles is 1. The summed E-state index contributed by atoms with van der Waals surface area (Å²) >= 11 is 0. The first kappa shape index (κ1) is 14.3. The molecule has 0 aliphatic rings. The number of hydrogen-bond donors (Lipinski definition) is 2. The van der Waals surface area contributed by atoms with E-state index in [2.05, 4.69) is 25.2 Å². The van der Waals surface area contributed by atoms with Crippen molar-refractivity contribution in [2.75, 3.05) is 17.6 Å². The van der Waals surface area contributed by atoms with E-state index >= 15 is 0 Å². The Kier molecular flexibility index (Phi) is 5.99. The molecule has 18 heavy (non-hydrogen) atoms. The number of nitrogens with one attached hydrogen (secondary N) is 1. The van der Waals surface area contributed by atoms with E-state index in [0.717, 1.165) is 44.5 Å². The van der Waals surface area contributed by atoms with Gasteiger partial charge in [-0.05, 0) is 12.8 Å². The van der Waals surface area contributed by atoms with Crippen LogP contribution in [0.3, 0.4) is 0 Å². The zero-order chi connectivity index (χ0) is 13.4. The molecule has 0 saturated heterocycles. The average molecular weight is 247 g/mol. The Balaban J connectivity index is 2.85. The average Bonchev–Trinajstić information content (AvgIpc) is 2.38. The first-order valence-electron chi connectivity index (χ1n) is 6.69. The van der Waals surface area contributed by atoms with Crippen molar-refractivity contribution in [1.29, 1.82) is 5.26 Å². The van der Waals surface area contributed by atoms with Crippen LogP contribution in [-0.2, 0) is 6.54 Å². The molecule has 0 spiro atoms. The fourth-order valence-electron chi connectivity index (χ4n) is 1.77. The molecule has 0 fully saturated rings. The molecule has 4 nitrogen and oxygen atoms in total. The van der Waals surface area contributed by atoms with Crippen LogP contribution < -0.4 is 15.6 Å². The van der Waals surface area contributed by atoms with Crippen molar-refractivity contribution in [2.24, 2.45) is 0 Å². The standard InChI is InChI=1S/C14H22N4/c1-3-5-7-17-13-9-14(16)18(8-6-4-2)11-12(13)10-15/h9,11H,3-8H2,1-2H3,(H2,16,17)/p+1. The van der Waals surface area contributed by atoms with Crippen LogP contribution in [0.4, 0.5) is 11.5 Å².